The minimum Gasteiger partial charge on any atom is -0.467 e. The minimum absolute atomic E-state index is 0.132. The molecule has 1 N–H and O–H groups in total. The standard InChI is InChI=1S/C28H24FN5O3/c1-19-13-14-21(16-23(19)29)34(26(35)18-33-25-12-6-5-11-24(25)31-32-33)27(20-8-3-2-4-9-20)28(36)30-17-22-10-7-15-37-22/h2-16,27H,17-18H2,1H3,(H,30,36)/t27-/m1/s1. The summed E-state index contributed by atoms with van der Waals surface area (Å²) in [7, 11) is 0. The first kappa shape index (κ1) is 23.9. The highest BCUT2D eigenvalue weighted by Gasteiger charge is 2.33. The molecular formula is C28H24FN5O3. The Bertz CT molecular complexity index is 1530. The number of aryl methyl sites for hydroxylation is 1. The highest BCUT2D eigenvalue weighted by Crippen LogP contribution is 2.30. The summed E-state index contributed by atoms with van der Waals surface area (Å²) in [6.07, 6.45) is 1.52. The van der Waals surface area contributed by atoms with E-state index in [1.54, 1.807) is 61.5 Å². The highest BCUT2D eigenvalue weighted by atomic mass is 19.1. The predicted molar refractivity (Wildman–Crippen MR) is 136 cm³/mol. The Morgan fingerprint density at radius 2 is 1.81 bits per heavy atom. The van der Waals surface area contributed by atoms with Crippen LogP contribution in [-0.2, 0) is 22.7 Å². The molecule has 5 rings (SSSR count). The van der Waals surface area contributed by atoms with E-state index in [0.717, 1.165) is 0 Å². The number of anilines is 1. The molecule has 8 nitrogen and oxygen atoms in total. The quantitative estimate of drug-likeness (QED) is 0.339. The number of benzene rings is 3. The summed E-state index contributed by atoms with van der Waals surface area (Å²) >= 11 is 0. The van der Waals surface area contributed by atoms with Gasteiger partial charge in [-0.2, -0.15) is 0 Å². The lowest BCUT2D eigenvalue weighted by Gasteiger charge is -2.31. The molecule has 0 bridgehead atoms. The molecule has 0 unspecified atom stereocenters. The monoisotopic (exact) mass is 497 g/mol. The van der Waals surface area contributed by atoms with Crippen LogP contribution in [0.25, 0.3) is 11.0 Å². The number of rotatable bonds is 8. The van der Waals surface area contributed by atoms with Gasteiger partial charge in [-0.15, -0.1) is 5.10 Å². The van der Waals surface area contributed by atoms with Gasteiger partial charge in [0.05, 0.1) is 18.3 Å². The Morgan fingerprint density at radius 3 is 2.57 bits per heavy atom. The van der Waals surface area contributed by atoms with Gasteiger partial charge in [0.15, 0.2) is 0 Å². The zero-order chi connectivity index (χ0) is 25.8. The summed E-state index contributed by atoms with van der Waals surface area (Å²) in [5.74, 6) is -0.820. The van der Waals surface area contributed by atoms with Gasteiger partial charge in [-0.3, -0.25) is 14.5 Å². The SMILES string of the molecule is Cc1ccc(N(C(=O)Cn2nnc3ccccc32)[C@@H](C(=O)NCc2ccco2)c2ccccc2)cc1F. The van der Waals surface area contributed by atoms with Crippen molar-refractivity contribution in [2.75, 3.05) is 4.90 Å². The lowest BCUT2D eigenvalue weighted by Crippen LogP contribution is -2.45. The van der Waals surface area contributed by atoms with E-state index in [2.05, 4.69) is 15.6 Å². The molecule has 2 amide bonds. The fourth-order valence-corrected chi connectivity index (χ4v) is 4.14. The van der Waals surface area contributed by atoms with Crippen LogP contribution in [0.5, 0.6) is 0 Å². The van der Waals surface area contributed by atoms with E-state index < -0.39 is 23.7 Å². The number of furan rings is 1. The number of para-hydroxylation sites is 1. The maximum absolute atomic E-state index is 14.7. The van der Waals surface area contributed by atoms with Gasteiger partial charge in [-0.05, 0) is 54.4 Å². The van der Waals surface area contributed by atoms with Gasteiger partial charge < -0.3 is 9.73 Å². The number of carbonyl (C=O) groups excluding carboxylic acids is 2. The number of hydrogen-bond acceptors (Lipinski definition) is 5. The molecule has 0 saturated heterocycles. The number of nitrogens with zero attached hydrogens (tertiary/aromatic N) is 4. The van der Waals surface area contributed by atoms with Gasteiger partial charge in [0, 0.05) is 5.69 Å². The largest absolute Gasteiger partial charge is 0.467 e. The van der Waals surface area contributed by atoms with E-state index in [4.69, 9.17) is 4.42 Å². The first-order valence-corrected chi connectivity index (χ1v) is 11.7. The zero-order valence-electron chi connectivity index (χ0n) is 20.0. The lowest BCUT2D eigenvalue weighted by atomic mass is 10.0. The fraction of sp³-hybridized carbons (Fsp3) is 0.143. The summed E-state index contributed by atoms with van der Waals surface area (Å²) in [5.41, 5.74) is 2.55. The first-order chi connectivity index (χ1) is 18.0. The normalized spacial score (nSPS) is 11.8. The number of aromatic nitrogens is 3. The third-order valence-corrected chi connectivity index (χ3v) is 6.05. The van der Waals surface area contributed by atoms with Gasteiger partial charge in [-0.25, -0.2) is 9.07 Å². The number of fused-ring (bicyclic) bond motifs is 1. The molecule has 0 saturated carbocycles. The molecule has 1 atom stereocenters. The Morgan fingerprint density at radius 1 is 1.03 bits per heavy atom. The number of hydrogen-bond donors (Lipinski definition) is 1. The van der Waals surface area contributed by atoms with Gasteiger partial charge in [-0.1, -0.05) is 53.7 Å². The Hall–Kier alpha value is -4.79. The highest BCUT2D eigenvalue weighted by molar-refractivity contribution is 6.01. The van der Waals surface area contributed by atoms with Crippen molar-refractivity contribution in [1.82, 2.24) is 20.3 Å². The Labute approximate surface area is 212 Å². The summed E-state index contributed by atoms with van der Waals surface area (Å²) in [6, 6.07) is 23.0. The van der Waals surface area contributed by atoms with Crippen LogP contribution < -0.4 is 10.2 Å². The number of carbonyl (C=O) groups is 2. The maximum Gasteiger partial charge on any atom is 0.249 e. The van der Waals surface area contributed by atoms with Gasteiger partial charge in [0.2, 0.25) is 11.8 Å². The first-order valence-electron chi connectivity index (χ1n) is 11.7. The van der Waals surface area contributed by atoms with Crippen LogP contribution in [-0.4, -0.2) is 26.8 Å². The van der Waals surface area contributed by atoms with Crippen LogP contribution >= 0.6 is 0 Å². The van der Waals surface area contributed by atoms with Gasteiger partial charge in [0.1, 0.15) is 29.7 Å². The van der Waals surface area contributed by atoms with Gasteiger partial charge in [0.25, 0.3) is 0 Å². The average molecular weight is 498 g/mol. The maximum atomic E-state index is 14.7. The third kappa shape index (κ3) is 5.11. The predicted octanol–water partition coefficient (Wildman–Crippen LogP) is 4.56. The van der Waals surface area contributed by atoms with Crippen molar-refractivity contribution in [3.63, 3.8) is 0 Å². The summed E-state index contributed by atoms with van der Waals surface area (Å²) in [4.78, 5) is 28.9. The van der Waals surface area contributed by atoms with Crippen LogP contribution in [0, 0.1) is 12.7 Å². The molecular weight excluding hydrogens is 473 g/mol. The number of nitrogens with one attached hydrogen (secondary N) is 1. The summed E-state index contributed by atoms with van der Waals surface area (Å²) < 4.78 is 21.5. The van der Waals surface area contributed by atoms with E-state index in [1.165, 1.54) is 21.9 Å². The van der Waals surface area contributed by atoms with Crippen molar-refractivity contribution < 1.29 is 18.4 Å². The fourth-order valence-electron chi connectivity index (χ4n) is 4.14. The van der Waals surface area contributed by atoms with Crippen molar-refractivity contribution in [2.45, 2.75) is 26.1 Å². The van der Waals surface area contributed by atoms with E-state index >= 15 is 0 Å². The second-order valence-electron chi connectivity index (χ2n) is 8.54. The molecule has 2 aromatic heterocycles. The minimum atomic E-state index is -1.08. The second-order valence-corrected chi connectivity index (χ2v) is 8.54. The van der Waals surface area contributed by atoms with E-state index in [0.29, 0.717) is 27.9 Å². The van der Waals surface area contributed by atoms with Crippen molar-refractivity contribution in [1.29, 1.82) is 0 Å². The van der Waals surface area contributed by atoms with Crippen LogP contribution in [0.1, 0.15) is 22.9 Å². The third-order valence-electron chi connectivity index (χ3n) is 6.05. The van der Waals surface area contributed by atoms with Crippen molar-refractivity contribution in [3.05, 3.63) is 114 Å². The van der Waals surface area contributed by atoms with E-state index in [1.807, 2.05) is 24.3 Å². The molecule has 0 spiro atoms. The van der Waals surface area contributed by atoms with Crippen molar-refractivity contribution in [2.24, 2.45) is 0 Å². The van der Waals surface area contributed by atoms with Crippen LogP contribution in [0.15, 0.2) is 95.6 Å². The van der Waals surface area contributed by atoms with E-state index in [-0.39, 0.29) is 18.8 Å². The topological polar surface area (TPSA) is 93.3 Å². The second kappa shape index (κ2) is 10.4. The zero-order valence-corrected chi connectivity index (χ0v) is 20.0. The molecule has 2 heterocycles. The Kier molecular flexibility index (Phi) is 6.76. The molecule has 0 aliphatic heterocycles. The van der Waals surface area contributed by atoms with Crippen LogP contribution in [0.4, 0.5) is 10.1 Å². The molecule has 37 heavy (non-hydrogen) atoms. The smallest absolute Gasteiger partial charge is 0.249 e. The summed E-state index contributed by atoms with van der Waals surface area (Å²) in [6.45, 7) is 1.57. The molecule has 0 aliphatic rings. The molecule has 0 radical (unpaired) electrons. The van der Waals surface area contributed by atoms with E-state index in [9.17, 15) is 14.0 Å². The molecule has 9 heteroatoms. The van der Waals surface area contributed by atoms with Crippen molar-refractivity contribution >= 4 is 28.5 Å². The molecule has 0 aliphatic carbocycles. The van der Waals surface area contributed by atoms with Crippen LogP contribution in [0.2, 0.25) is 0 Å². The van der Waals surface area contributed by atoms with Crippen molar-refractivity contribution in [3.8, 4) is 0 Å². The van der Waals surface area contributed by atoms with Gasteiger partial charge >= 0.3 is 0 Å². The lowest BCUT2D eigenvalue weighted by molar-refractivity contribution is -0.127. The number of halogens is 1. The molecule has 5 aromatic rings. The average Bonchev–Trinajstić information content (AvgIpc) is 3.58. The molecule has 0 fully saturated rings. The summed E-state index contributed by atoms with van der Waals surface area (Å²) in [5, 5.41) is 11.1. The van der Waals surface area contributed by atoms with Crippen LogP contribution in [0.3, 0.4) is 0 Å². The Balaban J connectivity index is 1.56. The number of amides is 2. The molecule has 3 aromatic carbocycles. The molecule has 186 valence electrons.